The fourth-order valence-electron chi connectivity index (χ4n) is 1.61. The number of aromatic hydroxyl groups is 1. The van der Waals surface area contributed by atoms with Crippen LogP contribution in [0, 0.1) is 0 Å². The normalized spacial score (nSPS) is 11.4. The van der Waals surface area contributed by atoms with Crippen molar-refractivity contribution in [3.8, 4) is 22.6 Å². The number of phenols is 1. The molecule has 6 heteroatoms. The molecule has 0 spiro atoms. The third kappa shape index (κ3) is 3.79. The van der Waals surface area contributed by atoms with Crippen LogP contribution in [0.5, 0.6) is 11.5 Å². The van der Waals surface area contributed by atoms with Crippen LogP contribution in [0.25, 0.3) is 11.1 Å². The van der Waals surface area contributed by atoms with Crippen molar-refractivity contribution in [2.45, 2.75) is 6.36 Å². The molecule has 0 aliphatic heterocycles. The Labute approximate surface area is 112 Å². The van der Waals surface area contributed by atoms with Crippen molar-refractivity contribution in [3.05, 3.63) is 47.5 Å². The van der Waals surface area contributed by atoms with E-state index in [0.717, 1.165) is 6.07 Å². The standard InChI is InChI=1S/C13H8ClF3O2/c14-10-3-1-2-8(4-10)9-5-11(18)7-12(6-9)19-13(15,16)17/h1-7,18H. The lowest BCUT2D eigenvalue weighted by Gasteiger charge is -2.11. The van der Waals surface area contributed by atoms with Crippen molar-refractivity contribution in [3.63, 3.8) is 0 Å². The van der Waals surface area contributed by atoms with Gasteiger partial charge in [-0.2, -0.15) is 0 Å². The Morgan fingerprint density at radius 2 is 1.74 bits per heavy atom. The Morgan fingerprint density at radius 3 is 2.37 bits per heavy atom. The topological polar surface area (TPSA) is 29.5 Å². The number of benzene rings is 2. The maximum Gasteiger partial charge on any atom is 0.573 e. The summed E-state index contributed by atoms with van der Waals surface area (Å²) in [5.41, 5.74) is 0.956. The summed E-state index contributed by atoms with van der Waals surface area (Å²) < 4.78 is 40.2. The van der Waals surface area contributed by atoms with E-state index in [0.29, 0.717) is 16.1 Å². The average molecular weight is 289 g/mol. The largest absolute Gasteiger partial charge is 0.573 e. The molecule has 0 fully saturated rings. The molecule has 0 bridgehead atoms. The van der Waals surface area contributed by atoms with Crippen molar-refractivity contribution in [2.75, 3.05) is 0 Å². The highest BCUT2D eigenvalue weighted by atomic mass is 35.5. The van der Waals surface area contributed by atoms with Crippen molar-refractivity contribution in [1.29, 1.82) is 0 Å². The third-order valence-corrected chi connectivity index (χ3v) is 2.52. The summed E-state index contributed by atoms with van der Waals surface area (Å²) in [4.78, 5) is 0. The molecule has 0 saturated carbocycles. The molecule has 0 heterocycles. The molecule has 0 aliphatic rings. The molecule has 2 nitrogen and oxygen atoms in total. The fraction of sp³-hybridized carbons (Fsp3) is 0.0769. The lowest BCUT2D eigenvalue weighted by atomic mass is 10.1. The first-order chi connectivity index (χ1) is 8.83. The number of hydrogen-bond acceptors (Lipinski definition) is 2. The predicted octanol–water partition coefficient (Wildman–Crippen LogP) is 4.61. The van der Waals surface area contributed by atoms with E-state index in [-0.39, 0.29) is 5.75 Å². The Bertz CT molecular complexity index is 597. The average Bonchev–Trinajstić information content (AvgIpc) is 2.25. The number of ether oxygens (including phenoxy) is 1. The van der Waals surface area contributed by atoms with Gasteiger partial charge in [0.1, 0.15) is 11.5 Å². The minimum atomic E-state index is -4.81. The lowest BCUT2D eigenvalue weighted by Crippen LogP contribution is -2.17. The Kier molecular flexibility index (Phi) is 3.57. The van der Waals surface area contributed by atoms with Gasteiger partial charge in [-0.25, -0.2) is 0 Å². The van der Waals surface area contributed by atoms with Gasteiger partial charge < -0.3 is 9.84 Å². The first-order valence-corrected chi connectivity index (χ1v) is 5.57. The maximum absolute atomic E-state index is 12.1. The van der Waals surface area contributed by atoms with Crippen molar-refractivity contribution >= 4 is 11.6 Å². The van der Waals surface area contributed by atoms with Gasteiger partial charge in [-0.15, -0.1) is 13.2 Å². The number of rotatable bonds is 2. The number of phenolic OH excluding ortho intramolecular Hbond substituents is 1. The van der Waals surface area contributed by atoms with E-state index in [2.05, 4.69) is 4.74 Å². The summed E-state index contributed by atoms with van der Waals surface area (Å²) >= 11 is 5.81. The lowest BCUT2D eigenvalue weighted by molar-refractivity contribution is -0.274. The molecule has 0 aromatic heterocycles. The zero-order valence-electron chi connectivity index (χ0n) is 9.41. The summed E-state index contributed by atoms with van der Waals surface area (Å²) in [5, 5.41) is 9.88. The van der Waals surface area contributed by atoms with Crippen LogP contribution in [-0.2, 0) is 0 Å². The first-order valence-electron chi connectivity index (χ1n) is 5.19. The molecule has 2 aromatic carbocycles. The van der Waals surface area contributed by atoms with Gasteiger partial charge in [-0.05, 0) is 35.4 Å². The number of hydrogen-bond donors (Lipinski definition) is 1. The molecular weight excluding hydrogens is 281 g/mol. The van der Waals surface area contributed by atoms with Gasteiger partial charge in [0.05, 0.1) is 0 Å². The van der Waals surface area contributed by atoms with Gasteiger partial charge in [0.15, 0.2) is 0 Å². The molecule has 0 unspecified atom stereocenters. The van der Waals surface area contributed by atoms with E-state index in [1.807, 2.05) is 0 Å². The van der Waals surface area contributed by atoms with Crippen LogP contribution in [0.1, 0.15) is 0 Å². The Morgan fingerprint density at radius 1 is 1.00 bits per heavy atom. The van der Waals surface area contributed by atoms with Crippen molar-refractivity contribution in [2.24, 2.45) is 0 Å². The smallest absolute Gasteiger partial charge is 0.508 e. The maximum atomic E-state index is 12.1. The summed E-state index contributed by atoms with van der Waals surface area (Å²) in [6.07, 6.45) is -4.81. The van der Waals surface area contributed by atoms with Gasteiger partial charge in [-0.1, -0.05) is 23.7 Å². The highest BCUT2D eigenvalue weighted by Crippen LogP contribution is 2.32. The molecule has 2 aromatic rings. The van der Waals surface area contributed by atoms with Gasteiger partial charge in [0.2, 0.25) is 0 Å². The van der Waals surface area contributed by atoms with Gasteiger partial charge in [-0.3, -0.25) is 0 Å². The first kappa shape index (κ1) is 13.5. The van der Waals surface area contributed by atoms with Gasteiger partial charge in [0.25, 0.3) is 0 Å². The molecule has 19 heavy (non-hydrogen) atoms. The summed E-state index contributed by atoms with van der Waals surface area (Å²) in [6, 6.07) is 9.94. The quantitative estimate of drug-likeness (QED) is 0.874. The molecule has 0 amide bonds. The van der Waals surface area contributed by atoms with E-state index in [4.69, 9.17) is 11.6 Å². The number of alkyl halides is 3. The van der Waals surface area contributed by atoms with Crippen LogP contribution in [0.4, 0.5) is 13.2 Å². The predicted molar refractivity (Wildman–Crippen MR) is 65.2 cm³/mol. The van der Waals surface area contributed by atoms with Crippen molar-refractivity contribution in [1.82, 2.24) is 0 Å². The van der Waals surface area contributed by atoms with Gasteiger partial charge in [0, 0.05) is 11.1 Å². The summed E-state index contributed by atoms with van der Waals surface area (Å²) in [5.74, 6) is -0.806. The van der Waals surface area contributed by atoms with Crippen LogP contribution >= 0.6 is 11.6 Å². The molecular formula is C13H8ClF3O2. The van der Waals surface area contributed by atoms with E-state index in [1.165, 1.54) is 12.1 Å². The van der Waals surface area contributed by atoms with Gasteiger partial charge >= 0.3 is 6.36 Å². The second-order valence-electron chi connectivity index (χ2n) is 3.77. The Hall–Kier alpha value is -1.88. The zero-order chi connectivity index (χ0) is 14.0. The third-order valence-electron chi connectivity index (χ3n) is 2.28. The summed E-state index contributed by atoms with van der Waals surface area (Å²) in [6.45, 7) is 0. The minimum Gasteiger partial charge on any atom is -0.508 e. The highest BCUT2D eigenvalue weighted by molar-refractivity contribution is 6.30. The fourth-order valence-corrected chi connectivity index (χ4v) is 1.80. The monoisotopic (exact) mass is 288 g/mol. The second-order valence-corrected chi connectivity index (χ2v) is 4.21. The zero-order valence-corrected chi connectivity index (χ0v) is 10.2. The molecule has 100 valence electrons. The van der Waals surface area contributed by atoms with Crippen LogP contribution in [0.15, 0.2) is 42.5 Å². The highest BCUT2D eigenvalue weighted by Gasteiger charge is 2.31. The van der Waals surface area contributed by atoms with E-state index >= 15 is 0 Å². The molecule has 0 saturated heterocycles. The molecule has 1 N–H and O–H groups in total. The Balaban J connectivity index is 2.42. The molecule has 2 rings (SSSR count). The number of halogens is 4. The van der Waals surface area contributed by atoms with Crippen molar-refractivity contribution < 1.29 is 23.0 Å². The molecule has 0 aliphatic carbocycles. The van der Waals surface area contributed by atoms with E-state index in [9.17, 15) is 18.3 Å². The van der Waals surface area contributed by atoms with Crippen LogP contribution < -0.4 is 4.74 Å². The van der Waals surface area contributed by atoms with Crippen LogP contribution in [-0.4, -0.2) is 11.5 Å². The van der Waals surface area contributed by atoms with E-state index in [1.54, 1.807) is 24.3 Å². The SMILES string of the molecule is Oc1cc(OC(F)(F)F)cc(-c2cccc(Cl)c2)c1. The van der Waals surface area contributed by atoms with Crippen LogP contribution in [0.2, 0.25) is 5.02 Å². The van der Waals surface area contributed by atoms with E-state index < -0.39 is 12.1 Å². The van der Waals surface area contributed by atoms with Crippen LogP contribution in [0.3, 0.4) is 0 Å². The minimum absolute atomic E-state index is 0.322. The molecule has 0 radical (unpaired) electrons. The second kappa shape index (κ2) is 5.01. The summed E-state index contributed by atoms with van der Waals surface area (Å²) in [7, 11) is 0. The molecule has 0 atom stereocenters.